The van der Waals surface area contributed by atoms with Crippen LogP contribution in [0.4, 0.5) is 24.5 Å². The van der Waals surface area contributed by atoms with Gasteiger partial charge in [-0.2, -0.15) is 13.2 Å². The highest BCUT2D eigenvalue weighted by atomic mass is 19.4. The van der Waals surface area contributed by atoms with Crippen molar-refractivity contribution in [1.82, 2.24) is 0 Å². The van der Waals surface area contributed by atoms with E-state index in [4.69, 9.17) is 4.74 Å². The number of anilines is 2. The molecule has 5 nitrogen and oxygen atoms in total. The summed E-state index contributed by atoms with van der Waals surface area (Å²) in [5, 5.41) is 0. The Bertz CT molecular complexity index is 683. The molecule has 0 spiro atoms. The number of amides is 1. The first-order valence-electron chi connectivity index (χ1n) is 9.06. The molecule has 27 heavy (non-hydrogen) atoms. The molecule has 2 rings (SSSR count). The number of hydrogen-bond donors (Lipinski definition) is 0. The molecule has 0 aromatic heterocycles. The smallest absolute Gasteiger partial charge is 0.462 e. The summed E-state index contributed by atoms with van der Waals surface area (Å²) in [5.41, 5.74) is 0.798. The summed E-state index contributed by atoms with van der Waals surface area (Å²) < 4.78 is 43.4. The maximum absolute atomic E-state index is 12.7. The van der Waals surface area contributed by atoms with Crippen molar-refractivity contribution in [1.29, 1.82) is 0 Å². The van der Waals surface area contributed by atoms with E-state index < -0.39 is 18.1 Å². The number of esters is 1. The number of nitrogens with zero attached hydrogens (tertiary/aromatic N) is 2. The van der Waals surface area contributed by atoms with Gasteiger partial charge >= 0.3 is 18.1 Å². The van der Waals surface area contributed by atoms with Gasteiger partial charge in [-0.1, -0.05) is 13.8 Å². The number of halogens is 3. The Balaban J connectivity index is 2.37. The highest BCUT2D eigenvalue weighted by molar-refractivity contribution is 6.01. The third kappa shape index (κ3) is 5.14. The SMILES string of the molecule is CCCOC(=O)c1cc(N(C)C(=O)C(F)(F)F)ccc1N1CCC(C)CC1. The van der Waals surface area contributed by atoms with E-state index in [0.717, 1.165) is 33.0 Å². The van der Waals surface area contributed by atoms with Crippen molar-refractivity contribution in [3.63, 3.8) is 0 Å². The fraction of sp³-hybridized carbons (Fsp3) is 0.579. The van der Waals surface area contributed by atoms with E-state index in [2.05, 4.69) is 6.92 Å². The molecule has 0 bridgehead atoms. The molecule has 1 aliphatic rings. The number of carbonyl (C=O) groups is 2. The van der Waals surface area contributed by atoms with Crippen molar-refractivity contribution >= 4 is 23.3 Å². The van der Waals surface area contributed by atoms with Crippen molar-refractivity contribution in [3.8, 4) is 0 Å². The summed E-state index contributed by atoms with van der Waals surface area (Å²) in [6.45, 7) is 5.75. The minimum absolute atomic E-state index is 0.00472. The lowest BCUT2D eigenvalue weighted by Gasteiger charge is -2.33. The van der Waals surface area contributed by atoms with E-state index in [1.165, 1.54) is 12.1 Å². The van der Waals surface area contributed by atoms with Gasteiger partial charge in [0, 0.05) is 25.8 Å². The standard InChI is InChI=1S/C19H25F3N2O3/c1-4-11-27-17(25)15-12-14(23(3)18(26)19(20,21)22)5-6-16(15)24-9-7-13(2)8-10-24/h5-6,12-13H,4,7-11H2,1-3H3. The maximum Gasteiger partial charge on any atom is 0.471 e. The van der Waals surface area contributed by atoms with Crippen LogP contribution in [0.2, 0.25) is 0 Å². The highest BCUT2D eigenvalue weighted by Gasteiger charge is 2.42. The van der Waals surface area contributed by atoms with Crippen molar-refractivity contribution in [2.45, 2.75) is 39.3 Å². The van der Waals surface area contributed by atoms with Crippen molar-refractivity contribution in [2.75, 3.05) is 36.5 Å². The van der Waals surface area contributed by atoms with Gasteiger partial charge in [-0.15, -0.1) is 0 Å². The zero-order chi connectivity index (χ0) is 20.2. The van der Waals surface area contributed by atoms with Crippen molar-refractivity contribution in [2.24, 2.45) is 5.92 Å². The van der Waals surface area contributed by atoms with E-state index in [1.807, 2.05) is 11.8 Å². The Morgan fingerprint density at radius 2 is 1.89 bits per heavy atom. The summed E-state index contributed by atoms with van der Waals surface area (Å²) in [7, 11) is 1.04. The number of benzene rings is 1. The van der Waals surface area contributed by atoms with Crippen LogP contribution >= 0.6 is 0 Å². The zero-order valence-electron chi connectivity index (χ0n) is 15.8. The molecule has 0 N–H and O–H groups in total. The number of ether oxygens (including phenoxy) is 1. The van der Waals surface area contributed by atoms with E-state index in [1.54, 1.807) is 6.07 Å². The Kier molecular flexibility index (Phi) is 6.73. The summed E-state index contributed by atoms with van der Waals surface area (Å²) in [4.78, 5) is 26.6. The lowest BCUT2D eigenvalue weighted by atomic mass is 9.98. The molecule has 1 aliphatic heterocycles. The van der Waals surface area contributed by atoms with E-state index >= 15 is 0 Å². The number of carbonyl (C=O) groups excluding carboxylic acids is 2. The first-order chi connectivity index (χ1) is 12.6. The quantitative estimate of drug-likeness (QED) is 0.718. The predicted molar refractivity (Wildman–Crippen MR) is 97.1 cm³/mol. The Morgan fingerprint density at radius 3 is 2.44 bits per heavy atom. The van der Waals surface area contributed by atoms with Gasteiger partial charge in [0.2, 0.25) is 0 Å². The van der Waals surface area contributed by atoms with Gasteiger partial charge in [-0.25, -0.2) is 4.79 Å². The van der Waals surface area contributed by atoms with Gasteiger partial charge in [-0.05, 0) is 43.4 Å². The van der Waals surface area contributed by atoms with Crippen LogP contribution in [0.15, 0.2) is 18.2 Å². The van der Waals surface area contributed by atoms with Crippen LogP contribution in [0.1, 0.15) is 43.5 Å². The molecule has 1 fully saturated rings. The fourth-order valence-corrected chi connectivity index (χ4v) is 3.00. The van der Waals surface area contributed by atoms with Crippen molar-refractivity contribution < 1.29 is 27.5 Å². The summed E-state index contributed by atoms with van der Waals surface area (Å²) >= 11 is 0. The molecule has 1 aromatic rings. The van der Waals surface area contributed by atoms with Crippen LogP contribution in [0.3, 0.4) is 0 Å². The van der Waals surface area contributed by atoms with Crippen LogP contribution in [0.25, 0.3) is 0 Å². The number of hydrogen-bond acceptors (Lipinski definition) is 4. The van der Waals surface area contributed by atoms with Crippen molar-refractivity contribution in [3.05, 3.63) is 23.8 Å². The first kappa shape index (κ1) is 21.1. The van der Waals surface area contributed by atoms with E-state index in [0.29, 0.717) is 22.9 Å². The number of rotatable bonds is 5. The van der Waals surface area contributed by atoms with Crippen LogP contribution in [-0.4, -0.2) is 44.8 Å². The van der Waals surface area contributed by atoms with Gasteiger partial charge in [0.15, 0.2) is 0 Å². The molecule has 150 valence electrons. The molecular weight excluding hydrogens is 361 g/mol. The van der Waals surface area contributed by atoms with E-state index in [9.17, 15) is 22.8 Å². The molecule has 8 heteroatoms. The summed E-state index contributed by atoms with van der Waals surface area (Å²) in [6, 6.07) is 4.32. The molecule has 1 amide bonds. The molecule has 1 heterocycles. The van der Waals surface area contributed by atoms with Crippen LogP contribution in [0, 0.1) is 5.92 Å². The van der Waals surface area contributed by atoms with Gasteiger partial charge in [-0.3, -0.25) is 4.79 Å². The molecule has 0 radical (unpaired) electrons. The third-order valence-electron chi connectivity index (χ3n) is 4.70. The second-order valence-electron chi connectivity index (χ2n) is 6.87. The lowest BCUT2D eigenvalue weighted by molar-refractivity contribution is -0.170. The minimum Gasteiger partial charge on any atom is -0.462 e. The fourth-order valence-electron chi connectivity index (χ4n) is 3.00. The minimum atomic E-state index is -4.99. The predicted octanol–water partition coefficient (Wildman–Crippen LogP) is 4.01. The normalized spacial score (nSPS) is 15.6. The molecule has 1 aromatic carbocycles. The number of piperidine rings is 1. The van der Waals surface area contributed by atoms with Gasteiger partial charge in [0.1, 0.15) is 0 Å². The van der Waals surface area contributed by atoms with Crippen LogP contribution in [-0.2, 0) is 9.53 Å². The average Bonchev–Trinajstić information content (AvgIpc) is 2.64. The monoisotopic (exact) mass is 386 g/mol. The van der Waals surface area contributed by atoms with E-state index in [-0.39, 0.29) is 17.9 Å². The molecule has 0 aliphatic carbocycles. The largest absolute Gasteiger partial charge is 0.471 e. The van der Waals surface area contributed by atoms with Gasteiger partial charge in [0.25, 0.3) is 0 Å². The maximum atomic E-state index is 12.7. The topological polar surface area (TPSA) is 49.9 Å². The Hall–Kier alpha value is -2.25. The Labute approximate surface area is 157 Å². The average molecular weight is 386 g/mol. The van der Waals surface area contributed by atoms with Gasteiger partial charge in [0.05, 0.1) is 17.9 Å². The molecule has 0 saturated carbocycles. The zero-order valence-corrected chi connectivity index (χ0v) is 15.8. The molecular formula is C19H25F3N2O3. The number of alkyl halides is 3. The highest BCUT2D eigenvalue weighted by Crippen LogP contribution is 2.31. The molecule has 1 saturated heterocycles. The molecule has 0 unspecified atom stereocenters. The Morgan fingerprint density at radius 1 is 1.26 bits per heavy atom. The summed E-state index contributed by atoms with van der Waals surface area (Å²) in [6.07, 6.45) is -2.41. The summed E-state index contributed by atoms with van der Waals surface area (Å²) in [5.74, 6) is -2.00. The van der Waals surface area contributed by atoms with Crippen LogP contribution in [0.5, 0.6) is 0 Å². The third-order valence-corrected chi connectivity index (χ3v) is 4.70. The van der Waals surface area contributed by atoms with Gasteiger partial charge < -0.3 is 14.5 Å². The second-order valence-corrected chi connectivity index (χ2v) is 6.87. The lowest BCUT2D eigenvalue weighted by Crippen LogP contribution is -2.38. The van der Waals surface area contributed by atoms with Crippen LogP contribution < -0.4 is 9.80 Å². The first-order valence-corrected chi connectivity index (χ1v) is 9.06. The molecule has 0 atom stereocenters. The second kappa shape index (κ2) is 8.63.